The van der Waals surface area contributed by atoms with Gasteiger partial charge in [-0.25, -0.2) is 0 Å². The lowest BCUT2D eigenvalue weighted by molar-refractivity contribution is 0.395. The fourth-order valence-corrected chi connectivity index (χ4v) is 2.02. The molecule has 1 rings (SSSR count). The van der Waals surface area contributed by atoms with Crippen LogP contribution in [0.15, 0.2) is 29.3 Å². The molecule has 0 saturated heterocycles. The first-order chi connectivity index (χ1) is 9.58. The van der Waals surface area contributed by atoms with Gasteiger partial charge in [-0.1, -0.05) is 32.0 Å². The van der Waals surface area contributed by atoms with Gasteiger partial charge in [0.15, 0.2) is 5.96 Å². The fourth-order valence-electron chi connectivity index (χ4n) is 2.02. The van der Waals surface area contributed by atoms with E-state index in [1.807, 2.05) is 32.3 Å². The summed E-state index contributed by atoms with van der Waals surface area (Å²) in [7, 11) is 5.56. The van der Waals surface area contributed by atoms with Gasteiger partial charge in [0, 0.05) is 32.7 Å². The van der Waals surface area contributed by atoms with E-state index in [0.29, 0.717) is 5.92 Å². The lowest BCUT2D eigenvalue weighted by Gasteiger charge is -2.23. The lowest BCUT2D eigenvalue weighted by atomic mass is 10.1. The highest BCUT2D eigenvalue weighted by atomic mass is 127. The molecule has 0 aromatic heterocycles. The molecule has 120 valence electrons. The zero-order valence-electron chi connectivity index (χ0n) is 13.7. The topological polar surface area (TPSA) is 36.9 Å². The Labute approximate surface area is 146 Å². The molecule has 0 spiro atoms. The van der Waals surface area contributed by atoms with E-state index in [1.54, 1.807) is 7.11 Å². The average Bonchev–Trinajstić information content (AvgIpc) is 2.43. The maximum absolute atomic E-state index is 5.39. The number of guanidine groups is 1. The number of ether oxygens (including phenoxy) is 1. The van der Waals surface area contributed by atoms with Crippen molar-refractivity contribution in [2.24, 2.45) is 10.9 Å². The number of halogens is 1. The molecule has 4 nitrogen and oxygen atoms in total. The normalized spacial score (nSPS) is 11.0. The second-order valence-electron chi connectivity index (χ2n) is 5.32. The summed E-state index contributed by atoms with van der Waals surface area (Å²) < 4.78 is 5.39. The Balaban J connectivity index is 0.00000400. The van der Waals surface area contributed by atoms with Crippen LogP contribution >= 0.6 is 24.0 Å². The van der Waals surface area contributed by atoms with E-state index < -0.39 is 0 Å². The third kappa shape index (κ3) is 7.02. The summed E-state index contributed by atoms with van der Waals surface area (Å²) in [5.74, 6) is 2.52. The summed E-state index contributed by atoms with van der Waals surface area (Å²) in [6, 6.07) is 8.08. The fraction of sp³-hybridized carbons (Fsp3) is 0.562. The molecule has 1 aromatic carbocycles. The number of para-hydroxylation sites is 1. The molecule has 0 aliphatic carbocycles. The van der Waals surface area contributed by atoms with E-state index >= 15 is 0 Å². The molecule has 0 fully saturated rings. The molecule has 0 radical (unpaired) electrons. The zero-order chi connectivity index (χ0) is 15.0. The lowest BCUT2D eigenvalue weighted by Crippen LogP contribution is -2.39. The van der Waals surface area contributed by atoms with Gasteiger partial charge in [0.1, 0.15) is 5.75 Å². The second-order valence-corrected chi connectivity index (χ2v) is 5.32. The number of methoxy groups -OCH3 is 1. The van der Waals surface area contributed by atoms with Crippen LogP contribution in [0, 0.1) is 5.92 Å². The molecule has 5 heteroatoms. The highest BCUT2D eigenvalue weighted by molar-refractivity contribution is 14.0. The Hall–Kier alpha value is -0.980. The molecule has 0 aliphatic heterocycles. The van der Waals surface area contributed by atoms with Crippen LogP contribution in [-0.2, 0) is 6.54 Å². The summed E-state index contributed by atoms with van der Waals surface area (Å²) in [5.41, 5.74) is 1.16. The smallest absolute Gasteiger partial charge is 0.193 e. The van der Waals surface area contributed by atoms with Crippen LogP contribution in [0.3, 0.4) is 0 Å². The van der Waals surface area contributed by atoms with Gasteiger partial charge in [0.25, 0.3) is 0 Å². The summed E-state index contributed by atoms with van der Waals surface area (Å²) in [5, 5.41) is 3.39. The van der Waals surface area contributed by atoms with Crippen LogP contribution in [0.25, 0.3) is 0 Å². The summed E-state index contributed by atoms with van der Waals surface area (Å²) in [4.78, 5) is 6.44. The van der Waals surface area contributed by atoms with Gasteiger partial charge in [-0.05, 0) is 18.4 Å². The third-order valence-corrected chi connectivity index (χ3v) is 3.18. The van der Waals surface area contributed by atoms with Crippen molar-refractivity contribution in [1.82, 2.24) is 10.2 Å². The van der Waals surface area contributed by atoms with E-state index in [9.17, 15) is 0 Å². The van der Waals surface area contributed by atoms with Gasteiger partial charge < -0.3 is 15.0 Å². The average molecular weight is 405 g/mol. The van der Waals surface area contributed by atoms with Crippen molar-refractivity contribution in [1.29, 1.82) is 0 Å². The Morgan fingerprint density at radius 1 is 1.33 bits per heavy atom. The van der Waals surface area contributed by atoms with Crippen LogP contribution < -0.4 is 10.1 Å². The molecule has 0 heterocycles. The third-order valence-electron chi connectivity index (χ3n) is 3.18. The molecule has 0 unspecified atom stereocenters. The van der Waals surface area contributed by atoms with E-state index in [4.69, 9.17) is 4.74 Å². The van der Waals surface area contributed by atoms with Gasteiger partial charge in [0.2, 0.25) is 0 Å². The number of benzene rings is 1. The van der Waals surface area contributed by atoms with Crippen molar-refractivity contribution in [3.63, 3.8) is 0 Å². The van der Waals surface area contributed by atoms with Crippen molar-refractivity contribution in [3.8, 4) is 5.75 Å². The van der Waals surface area contributed by atoms with Gasteiger partial charge >= 0.3 is 0 Å². The minimum atomic E-state index is 0. The molecular weight excluding hydrogens is 377 g/mol. The quantitative estimate of drug-likeness (QED) is 0.448. The number of hydrogen-bond acceptors (Lipinski definition) is 2. The van der Waals surface area contributed by atoms with E-state index in [2.05, 4.69) is 35.1 Å². The molecule has 21 heavy (non-hydrogen) atoms. The first-order valence-corrected chi connectivity index (χ1v) is 7.12. The molecule has 0 amide bonds. The summed E-state index contributed by atoms with van der Waals surface area (Å²) >= 11 is 0. The van der Waals surface area contributed by atoms with Crippen LogP contribution in [0.1, 0.15) is 25.8 Å². The van der Waals surface area contributed by atoms with E-state index in [1.165, 1.54) is 0 Å². The van der Waals surface area contributed by atoms with Crippen LogP contribution in [0.5, 0.6) is 5.75 Å². The minimum absolute atomic E-state index is 0. The number of hydrogen-bond donors (Lipinski definition) is 1. The minimum Gasteiger partial charge on any atom is -0.496 e. The SMILES string of the molecule is CN=C(NCCC(C)C)N(C)Cc1ccccc1OC.I. The summed E-state index contributed by atoms with van der Waals surface area (Å²) in [6.07, 6.45) is 1.14. The summed E-state index contributed by atoms with van der Waals surface area (Å²) in [6.45, 7) is 6.16. The Kier molecular flexibility index (Phi) is 10.2. The van der Waals surface area contributed by atoms with Gasteiger partial charge in [0.05, 0.1) is 7.11 Å². The Bertz CT molecular complexity index is 435. The molecule has 1 aromatic rings. The number of rotatable bonds is 6. The molecule has 0 atom stereocenters. The Morgan fingerprint density at radius 2 is 2.00 bits per heavy atom. The van der Waals surface area contributed by atoms with Crippen LogP contribution in [0.2, 0.25) is 0 Å². The molecular formula is C16H28IN3O. The van der Waals surface area contributed by atoms with Gasteiger partial charge in [-0.15, -0.1) is 24.0 Å². The first kappa shape index (κ1) is 20.0. The van der Waals surface area contributed by atoms with E-state index in [0.717, 1.165) is 36.8 Å². The maximum atomic E-state index is 5.39. The number of aliphatic imine (C=N–C) groups is 1. The van der Waals surface area contributed by atoms with Crippen molar-refractivity contribution >= 4 is 29.9 Å². The first-order valence-electron chi connectivity index (χ1n) is 7.12. The highest BCUT2D eigenvalue weighted by Crippen LogP contribution is 2.18. The van der Waals surface area contributed by atoms with Crippen molar-refractivity contribution < 1.29 is 4.74 Å². The Morgan fingerprint density at radius 3 is 2.57 bits per heavy atom. The highest BCUT2D eigenvalue weighted by Gasteiger charge is 2.09. The number of nitrogens with one attached hydrogen (secondary N) is 1. The predicted octanol–water partition coefficient (Wildman–Crippen LogP) is 3.37. The van der Waals surface area contributed by atoms with Crippen molar-refractivity contribution in [3.05, 3.63) is 29.8 Å². The van der Waals surface area contributed by atoms with Crippen LogP contribution in [-0.4, -0.2) is 38.6 Å². The second kappa shape index (κ2) is 10.7. The van der Waals surface area contributed by atoms with E-state index in [-0.39, 0.29) is 24.0 Å². The number of nitrogens with zero attached hydrogens (tertiary/aromatic N) is 2. The van der Waals surface area contributed by atoms with Crippen molar-refractivity contribution in [2.45, 2.75) is 26.8 Å². The largest absolute Gasteiger partial charge is 0.496 e. The maximum Gasteiger partial charge on any atom is 0.193 e. The molecule has 0 bridgehead atoms. The molecule has 0 aliphatic rings. The zero-order valence-corrected chi connectivity index (χ0v) is 16.0. The monoisotopic (exact) mass is 405 g/mol. The van der Waals surface area contributed by atoms with Crippen LogP contribution in [0.4, 0.5) is 0 Å². The van der Waals surface area contributed by atoms with Gasteiger partial charge in [-0.2, -0.15) is 0 Å². The predicted molar refractivity (Wildman–Crippen MR) is 101 cm³/mol. The van der Waals surface area contributed by atoms with Gasteiger partial charge in [-0.3, -0.25) is 4.99 Å². The molecule has 1 N–H and O–H groups in total. The molecule has 0 saturated carbocycles. The standard InChI is InChI=1S/C16H27N3O.HI/c1-13(2)10-11-18-16(17-3)19(4)12-14-8-6-7-9-15(14)20-5;/h6-9,13H,10-12H2,1-5H3,(H,17,18);1H. The van der Waals surface area contributed by atoms with Crippen molar-refractivity contribution in [2.75, 3.05) is 27.7 Å².